The van der Waals surface area contributed by atoms with Crippen LogP contribution in [0.15, 0.2) is 30.6 Å². The first-order chi connectivity index (χ1) is 5.79. The first-order valence-corrected chi connectivity index (χ1v) is 3.51. The number of pyridine rings is 1. The summed E-state index contributed by atoms with van der Waals surface area (Å²) < 4.78 is 1.66. The maximum atomic E-state index is 10.8. The average molecular weight is 198 g/mol. The van der Waals surface area contributed by atoms with E-state index in [0.717, 1.165) is 5.65 Å². The minimum absolute atomic E-state index is 0. The summed E-state index contributed by atoms with van der Waals surface area (Å²) in [4.78, 5) is 14.8. The molecular formula is C8H8ClN3O. The molecule has 0 atom stereocenters. The molecule has 2 N–H and O–H groups in total. The van der Waals surface area contributed by atoms with Gasteiger partial charge in [0.2, 0.25) is 0 Å². The Balaban J connectivity index is 0.000000845. The molecule has 68 valence electrons. The third-order valence-electron chi connectivity index (χ3n) is 1.67. The Bertz CT molecular complexity index is 438. The number of carbonyl (C=O) groups excluding carboxylic acids is 1. The number of amides is 1. The molecule has 13 heavy (non-hydrogen) atoms. The average Bonchev–Trinajstić information content (AvgIpc) is 2.47. The summed E-state index contributed by atoms with van der Waals surface area (Å²) >= 11 is 0. The van der Waals surface area contributed by atoms with Gasteiger partial charge < -0.3 is 5.73 Å². The predicted octanol–water partition coefficient (Wildman–Crippen LogP) is 0.855. The normalized spacial score (nSPS) is 9.54. The van der Waals surface area contributed by atoms with Crippen molar-refractivity contribution in [3.05, 3.63) is 36.3 Å². The Morgan fingerprint density at radius 1 is 1.46 bits per heavy atom. The lowest BCUT2D eigenvalue weighted by atomic mass is 10.4. The van der Waals surface area contributed by atoms with Crippen LogP contribution in [0.3, 0.4) is 0 Å². The lowest BCUT2D eigenvalue weighted by molar-refractivity contribution is 0.0995. The maximum absolute atomic E-state index is 10.8. The number of imidazole rings is 1. The number of halogens is 1. The first-order valence-electron chi connectivity index (χ1n) is 3.51. The van der Waals surface area contributed by atoms with Crippen molar-refractivity contribution >= 4 is 24.0 Å². The summed E-state index contributed by atoms with van der Waals surface area (Å²) in [7, 11) is 0. The van der Waals surface area contributed by atoms with E-state index in [-0.39, 0.29) is 12.4 Å². The van der Waals surface area contributed by atoms with Crippen LogP contribution in [0, 0.1) is 0 Å². The Morgan fingerprint density at radius 3 is 2.92 bits per heavy atom. The van der Waals surface area contributed by atoms with E-state index >= 15 is 0 Å². The third-order valence-corrected chi connectivity index (χ3v) is 1.67. The molecule has 2 rings (SSSR count). The molecule has 0 aliphatic rings. The molecule has 4 nitrogen and oxygen atoms in total. The fraction of sp³-hybridized carbons (Fsp3) is 0. The molecule has 0 unspecified atom stereocenters. The van der Waals surface area contributed by atoms with Crippen LogP contribution in [0.4, 0.5) is 0 Å². The molecule has 2 aromatic rings. The minimum Gasteiger partial charge on any atom is -0.364 e. The van der Waals surface area contributed by atoms with Gasteiger partial charge in [-0.05, 0) is 12.1 Å². The highest BCUT2D eigenvalue weighted by Crippen LogP contribution is 2.04. The molecule has 0 aliphatic carbocycles. The standard InChI is InChI=1S/C8H7N3O.ClH/c9-8(12)6-5-10-7-3-1-2-4-11(6)7;/h1-5H,(H2,9,12);1H. The minimum atomic E-state index is -0.464. The summed E-state index contributed by atoms with van der Waals surface area (Å²) in [6, 6.07) is 5.49. The van der Waals surface area contributed by atoms with Gasteiger partial charge in [0.1, 0.15) is 11.3 Å². The molecule has 2 heterocycles. The summed E-state index contributed by atoms with van der Waals surface area (Å²) in [6.07, 6.45) is 3.22. The summed E-state index contributed by atoms with van der Waals surface area (Å²) in [5.74, 6) is -0.464. The molecule has 2 aromatic heterocycles. The van der Waals surface area contributed by atoms with Crippen molar-refractivity contribution < 1.29 is 4.79 Å². The van der Waals surface area contributed by atoms with Crippen molar-refractivity contribution in [2.24, 2.45) is 5.73 Å². The Morgan fingerprint density at radius 2 is 2.23 bits per heavy atom. The third kappa shape index (κ3) is 1.48. The van der Waals surface area contributed by atoms with Gasteiger partial charge in [-0.2, -0.15) is 0 Å². The van der Waals surface area contributed by atoms with Gasteiger partial charge in [-0.15, -0.1) is 12.4 Å². The van der Waals surface area contributed by atoms with Crippen molar-refractivity contribution in [1.29, 1.82) is 0 Å². The van der Waals surface area contributed by atoms with E-state index in [1.165, 1.54) is 6.20 Å². The molecule has 0 aliphatic heterocycles. The summed E-state index contributed by atoms with van der Waals surface area (Å²) in [5.41, 5.74) is 6.26. The SMILES string of the molecule is Cl.NC(=O)c1cnc2ccccn12. The van der Waals surface area contributed by atoms with Gasteiger partial charge in [-0.25, -0.2) is 4.98 Å². The number of primary amides is 1. The fourth-order valence-corrected chi connectivity index (χ4v) is 1.11. The quantitative estimate of drug-likeness (QED) is 0.737. The van der Waals surface area contributed by atoms with Crippen LogP contribution in [-0.2, 0) is 0 Å². The van der Waals surface area contributed by atoms with E-state index in [1.54, 1.807) is 10.6 Å². The largest absolute Gasteiger partial charge is 0.364 e. The molecule has 0 aromatic carbocycles. The van der Waals surface area contributed by atoms with Crippen molar-refractivity contribution in [3.8, 4) is 0 Å². The number of rotatable bonds is 1. The lowest BCUT2D eigenvalue weighted by Crippen LogP contribution is -2.13. The van der Waals surface area contributed by atoms with Gasteiger partial charge in [-0.1, -0.05) is 6.07 Å². The van der Waals surface area contributed by atoms with E-state index in [9.17, 15) is 4.79 Å². The summed E-state index contributed by atoms with van der Waals surface area (Å²) in [5, 5.41) is 0. The number of aromatic nitrogens is 2. The molecular weight excluding hydrogens is 190 g/mol. The monoisotopic (exact) mass is 197 g/mol. The van der Waals surface area contributed by atoms with Crippen molar-refractivity contribution in [3.63, 3.8) is 0 Å². The number of carbonyl (C=O) groups is 1. The van der Waals surface area contributed by atoms with Gasteiger partial charge in [0.25, 0.3) is 5.91 Å². The van der Waals surface area contributed by atoms with Crippen LogP contribution in [0.1, 0.15) is 10.5 Å². The second kappa shape index (κ2) is 3.45. The van der Waals surface area contributed by atoms with Crippen LogP contribution in [-0.4, -0.2) is 15.3 Å². The molecule has 1 amide bonds. The van der Waals surface area contributed by atoms with E-state index in [2.05, 4.69) is 4.98 Å². The van der Waals surface area contributed by atoms with Gasteiger partial charge in [0.05, 0.1) is 6.20 Å². The fourth-order valence-electron chi connectivity index (χ4n) is 1.11. The second-order valence-corrected chi connectivity index (χ2v) is 2.44. The smallest absolute Gasteiger partial charge is 0.267 e. The molecule has 0 fully saturated rings. The molecule has 5 heteroatoms. The molecule has 0 saturated carbocycles. The van der Waals surface area contributed by atoms with Crippen LogP contribution in [0.2, 0.25) is 0 Å². The van der Waals surface area contributed by atoms with Crippen LogP contribution in [0.5, 0.6) is 0 Å². The number of nitrogens with zero attached hydrogens (tertiary/aromatic N) is 2. The topological polar surface area (TPSA) is 60.4 Å². The van der Waals surface area contributed by atoms with Crippen LogP contribution < -0.4 is 5.73 Å². The summed E-state index contributed by atoms with van der Waals surface area (Å²) in [6.45, 7) is 0. The Hall–Kier alpha value is -1.55. The zero-order valence-electron chi connectivity index (χ0n) is 6.68. The van der Waals surface area contributed by atoms with Crippen LogP contribution in [0.25, 0.3) is 5.65 Å². The molecule has 0 radical (unpaired) electrons. The van der Waals surface area contributed by atoms with E-state index in [4.69, 9.17) is 5.73 Å². The van der Waals surface area contributed by atoms with Crippen molar-refractivity contribution in [1.82, 2.24) is 9.38 Å². The van der Waals surface area contributed by atoms with E-state index in [1.807, 2.05) is 18.2 Å². The number of hydrogen-bond donors (Lipinski definition) is 1. The van der Waals surface area contributed by atoms with Gasteiger partial charge in [0, 0.05) is 6.20 Å². The predicted molar refractivity (Wildman–Crippen MR) is 51.0 cm³/mol. The Kier molecular flexibility index (Phi) is 2.53. The number of nitrogens with two attached hydrogens (primary N) is 1. The zero-order valence-corrected chi connectivity index (χ0v) is 7.49. The second-order valence-electron chi connectivity index (χ2n) is 2.44. The lowest BCUT2D eigenvalue weighted by Gasteiger charge is -1.94. The van der Waals surface area contributed by atoms with Gasteiger partial charge in [-0.3, -0.25) is 9.20 Å². The Labute approximate surface area is 80.8 Å². The highest BCUT2D eigenvalue weighted by Gasteiger charge is 2.05. The highest BCUT2D eigenvalue weighted by molar-refractivity contribution is 5.91. The van der Waals surface area contributed by atoms with Crippen LogP contribution >= 0.6 is 12.4 Å². The van der Waals surface area contributed by atoms with Crippen molar-refractivity contribution in [2.45, 2.75) is 0 Å². The molecule has 0 bridgehead atoms. The van der Waals surface area contributed by atoms with Gasteiger partial charge in [0.15, 0.2) is 0 Å². The van der Waals surface area contributed by atoms with Gasteiger partial charge >= 0.3 is 0 Å². The maximum Gasteiger partial charge on any atom is 0.267 e. The highest BCUT2D eigenvalue weighted by atomic mass is 35.5. The first kappa shape index (κ1) is 9.54. The van der Waals surface area contributed by atoms with E-state index < -0.39 is 5.91 Å². The molecule has 0 spiro atoms. The number of fused-ring (bicyclic) bond motifs is 1. The number of hydrogen-bond acceptors (Lipinski definition) is 2. The molecule has 0 saturated heterocycles. The van der Waals surface area contributed by atoms with E-state index in [0.29, 0.717) is 5.69 Å². The zero-order chi connectivity index (χ0) is 8.55. The van der Waals surface area contributed by atoms with Crippen molar-refractivity contribution in [2.75, 3.05) is 0 Å².